The predicted molar refractivity (Wildman–Crippen MR) is 77.6 cm³/mol. The molecule has 1 aromatic carbocycles. The van der Waals surface area contributed by atoms with E-state index in [1.54, 1.807) is 0 Å². The zero-order valence-corrected chi connectivity index (χ0v) is 11.5. The van der Waals surface area contributed by atoms with Crippen LogP contribution in [0.2, 0.25) is 0 Å². The van der Waals surface area contributed by atoms with E-state index in [9.17, 15) is 4.79 Å². The van der Waals surface area contributed by atoms with E-state index in [0.29, 0.717) is 0 Å². The van der Waals surface area contributed by atoms with Gasteiger partial charge in [0, 0.05) is 0 Å². The minimum atomic E-state index is -0.357. The van der Waals surface area contributed by atoms with Crippen LogP contribution in [0, 0.1) is 5.92 Å². The minimum Gasteiger partial charge on any atom is -0.368 e. The molecule has 19 heavy (non-hydrogen) atoms. The number of carbonyl (C=O) groups is 1. The molecule has 0 radical (unpaired) electrons. The highest BCUT2D eigenvalue weighted by molar-refractivity contribution is 5.81. The van der Waals surface area contributed by atoms with E-state index in [2.05, 4.69) is 5.32 Å². The third kappa shape index (κ3) is 4.35. The van der Waals surface area contributed by atoms with Gasteiger partial charge in [0.25, 0.3) is 0 Å². The number of carbonyl (C=O) groups excluding carboxylic acids is 1. The van der Waals surface area contributed by atoms with Gasteiger partial charge < -0.3 is 11.1 Å². The van der Waals surface area contributed by atoms with Crippen molar-refractivity contribution in [3.63, 3.8) is 0 Å². The van der Waals surface area contributed by atoms with Gasteiger partial charge in [-0.05, 0) is 30.9 Å². The van der Waals surface area contributed by atoms with Crippen molar-refractivity contribution in [1.82, 2.24) is 5.32 Å². The molecule has 0 unspecified atom stereocenters. The lowest BCUT2D eigenvalue weighted by Gasteiger charge is -2.16. The third-order valence-electron chi connectivity index (χ3n) is 4.03. The molecule has 1 fully saturated rings. The van der Waals surface area contributed by atoms with E-state index in [1.807, 2.05) is 30.3 Å². The van der Waals surface area contributed by atoms with Gasteiger partial charge in [-0.2, -0.15) is 0 Å². The lowest BCUT2D eigenvalue weighted by atomic mass is 10.0. The van der Waals surface area contributed by atoms with Crippen molar-refractivity contribution in [3.8, 4) is 0 Å². The number of nitrogens with two attached hydrogens (primary N) is 1. The van der Waals surface area contributed by atoms with Crippen LogP contribution in [0.15, 0.2) is 30.3 Å². The Balaban J connectivity index is 1.76. The van der Waals surface area contributed by atoms with Gasteiger partial charge in [-0.25, -0.2) is 0 Å². The van der Waals surface area contributed by atoms with Gasteiger partial charge >= 0.3 is 0 Å². The van der Waals surface area contributed by atoms with Crippen LogP contribution in [0.3, 0.4) is 0 Å². The smallest absolute Gasteiger partial charge is 0.239 e. The fourth-order valence-electron chi connectivity index (χ4n) is 2.96. The molecule has 3 N–H and O–H groups in total. The second-order valence-corrected chi connectivity index (χ2v) is 5.49. The zero-order chi connectivity index (χ0) is 13.5. The van der Waals surface area contributed by atoms with Gasteiger partial charge in [0.15, 0.2) is 0 Å². The van der Waals surface area contributed by atoms with Crippen molar-refractivity contribution < 1.29 is 4.79 Å². The molecule has 0 aromatic heterocycles. The molecule has 1 aliphatic rings. The van der Waals surface area contributed by atoms with E-state index in [1.165, 1.54) is 32.1 Å². The van der Waals surface area contributed by atoms with Crippen molar-refractivity contribution in [2.45, 2.75) is 44.6 Å². The topological polar surface area (TPSA) is 55.1 Å². The van der Waals surface area contributed by atoms with Gasteiger partial charge in [-0.15, -0.1) is 0 Å². The molecule has 1 aromatic rings. The summed E-state index contributed by atoms with van der Waals surface area (Å²) in [6, 6.07) is 9.35. The summed E-state index contributed by atoms with van der Waals surface area (Å²) in [5.74, 6) is 0.609. The molecule has 104 valence electrons. The summed E-state index contributed by atoms with van der Waals surface area (Å²) in [5.41, 5.74) is 6.43. The average molecular weight is 260 g/mol. The Bertz CT molecular complexity index is 385. The van der Waals surface area contributed by atoms with Crippen LogP contribution in [0.4, 0.5) is 0 Å². The van der Waals surface area contributed by atoms with Gasteiger partial charge in [0.05, 0.1) is 0 Å². The van der Waals surface area contributed by atoms with E-state index >= 15 is 0 Å². The fourth-order valence-corrected chi connectivity index (χ4v) is 2.96. The molecule has 3 heteroatoms. The van der Waals surface area contributed by atoms with Crippen molar-refractivity contribution in [2.24, 2.45) is 11.7 Å². The minimum absolute atomic E-state index is 0.299. The highest BCUT2D eigenvalue weighted by Crippen LogP contribution is 2.28. The zero-order valence-electron chi connectivity index (χ0n) is 11.5. The molecule has 0 saturated heterocycles. The number of benzene rings is 1. The van der Waals surface area contributed by atoms with Crippen LogP contribution in [-0.4, -0.2) is 12.5 Å². The maximum Gasteiger partial charge on any atom is 0.239 e. The van der Waals surface area contributed by atoms with Crippen LogP contribution in [-0.2, 0) is 4.79 Å². The van der Waals surface area contributed by atoms with Crippen LogP contribution in [0.25, 0.3) is 0 Å². The monoisotopic (exact) mass is 260 g/mol. The lowest BCUT2D eigenvalue weighted by molar-refractivity contribution is -0.120. The number of rotatable bonds is 7. The summed E-state index contributed by atoms with van der Waals surface area (Å²) in [6.45, 7) is 0.860. The Hall–Kier alpha value is -1.35. The highest BCUT2D eigenvalue weighted by atomic mass is 16.1. The van der Waals surface area contributed by atoms with Crippen LogP contribution in [0.5, 0.6) is 0 Å². The number of primary amides is 1. The second-order valence-electron chi connectivity index (χ2n) is 5.49. The first-order valence-electron chi connectivity index (χ1n) is 7.35. The van der Waals surface area contributed by atoms with Crippen LogP contribution < -0.4 is 11.1 Å². The largest absolute Gasteiger partial charge is 0.368 e. The maximum absolute atomic E-state index is 11.5. The standard InChI is InChI=1S/C16H24N2O/c17-16(19)15(14-10-2-1-3-11-14)18-12-6-9-13-7-4-5-8-13/h1-3,10-11,13,15,18H,4-9,12H2,(H2,17,19)/t15-/m0/s1. The quantitative estimate of drug-likeness (QED) is 0.741. The summed E-state index contributed by atoms with van der Waals surface area (Å²) in [6.07, 6.45) is 7.96. The summed E-state index contributed by atoms with van der Waals surface area (Å²) in [5, 5.41) is 3.28. The average Bonchev–Trinajstić information content (AvgIpc) is 2.92. The number of nitrogens with one attached hydrogen (secondary N) is 1. The van der Waals surface area contributed by atoms with E-state index in [0.717, 1.165) is 24.4 Å². The Labute approximate surface area is 115 Å². The maximum atomic E-state index is 11.5. The Morgan fingerprint density at radius 1 is 1.26 bits per heavy atom. The molecule has 1 aliphatic carbocycles. The van der Waals surface area contributed by atoms with Crippen molar-refractivity contribution in [1.29, 1.82) is 0 Å². The van der Waals surface area contributed by atoms with Crippen molar-refractivity contribution in [2.75, 3.05) is 6.54 Å². The highest BCUT2D eigenvalue weighted by Gasteiger charge is 2.17. The second kappa shape index (κ2) is 7.29. The molecular formula is C16H24N2O. The fraction of sp³-hybridized carbons (Fsp3) is 0.562. The lowest BCUT2D eigenvalue weighted by Crippen LogP contribution is -2.34. The summed E-state index contributed by atoms with van der Waals surface area (Å²) >= 11 is 0. The molecule has 0 spiro atoms. The molecule has 1 saturated carbocycles. The first kappa shape index (κ1) is 14.1. The number of amides is 1. The van der Waals surface area contributed by atoms with E-state index in [4.69, 9.17) is 5.73 Å². The Morgan fingerprint density at radius 2 is 1.95 bits per heavy atom. The van der Waals surface area contributed by atoms with Gasteiger partial charge in [-0.1, -0.05) is 56.0 Å². The summed E-state index contributed by atoms with van der Waals surface area (Å²) in [4.78, 5) is 11.5. The van der Waals surface area contributed by atoms with Crippen LogP contribution >= 0.6 is 0 Å². The van der Waals surface area contributed by atoms with Crippen molar-refractivity contribution in [3.05, 3.63) is 35.9 Å². The summed E-state index contributed by atoms with van der Waals surface area (Å²) in [7, 11) is 0. The Morgan fingerprint density at radius 3 is 2.58 bits per heavy atom. The molecular weight excluding hydrogens is 236 g/mol. The molecule has 1 amide bonds. The number of hydrogen-bond acceptors (Lipinski definition) is 2. The summed E-state index contributed by atoms with van der Waals surface area (Å²) < 4.78 is 0. The molecule has 0 aliphatic heterocycles. The van der Waals surface area contributed by atoms with E-state index in [-0.39, 0.29) is 11.9 Å². The van der Waals surface area contributed by atoms with Gasteiger partial charge in [0.1, 0.15) is 6.04 Å². The molecule has 1 atom stereocenters. The first-order valence-corrected chi connectivity index (χ1v) is 7.35. The molecule has 0 bridgehead atoms. The Kier molecular flexibility index (Phi) is 5.40. The van der Waals surface area contributed by atoms with Gasteiger partial charge in [-0.3, -0.25) is 4.79 Å². The molecule has 2 rings (SSSR count). The normalized spacial score (nSPS) is 17.5. The van der Waals surface area contributed by atoms with Gasteiger partial charge in [0.2, 0.25) is 5.91 Å². The predicted octanol–water partition coefficient (Wildman–Crippen LogP) is 2.77. The third-order valence-corrected chi connectivity index (χ3v) is 4.03. The molecule has 3 nitrogen and oxygen atoms in total. The van der Waals surface area contributed by atoms with E-state index < -0.39 is 0 Å². The first-order chi connectivity index (χ1) is 9.27. The van der Waals surface area contributed by atoms with Crippen molar-refractivity contribution >= 4 is 5.91 Å². The van der Waals surface area contributed by atoms with Crippen LogP contribution in [0.1, 0.15) is 50.1 Å². The number of hydrogen-bond donors (Lipinski definition) is 2. The molecule has 0 heterocycles. The SMILES string of the molecule is NC(=O)[C@@H](NCCCC1CCCC1)c1ccccc1.